The number of rotatable bonds is 4. The summed E-state index contributed by atoms with van der Waals surface area (Å²) in [5.41, 5.74) is 3.36. The van der Waals surface area contributed by atoms with Crippen LogP contribution in [-0.4, -0.2) is 30.4 Å². The minimum absolute atomic E-state index is 0. The second-order valence-corrected chi connectivity index (χ2v) is 7.52. The third-order valence-corrected chi connectivity index (χ3v) is 5.67. The minimum atomic E-state index is -0.260. The first-order chi connectivity index (χ1) is 13.2. The van der Waals surface area contributed by atoms with E-state index in [1.165, 1.54) is 5.56 Å². The van der Waals surface area contributed by atoms with Crippen LogP contribution in [0.15, 0.2) is 42.5 Å². The molecule has 4 rings (SSSR count). The Morgan fingerprint density at radius 3 is 2.55 bits per heavy atom. The first-order valence-corrected chi connectivity index (χ1v) is 9.79. The lowest BCUT2D eigenvalue weighted by Crippen LogP contribution is -2.38. The third kappa shape index (κ3) is 5.70. The Balaban J connectivity index is 0.00000150. The van der Waals surface area contributed by atoms with E-state index in [4.69, 9.17) is 0 Å². The highest BCUT2D eigenvalue weighted by atomic mass is 35.5. The molecule has 2 aliphatic rings. The Hall–Kier alpha value is -1.66. The van der Waals surface area contributed by atoms with Crippen LogP contribution in [0.5, 0.6) is 0 Å². The molecule has 0 saturated carbocycles. The molecule has 0 bridgehead atoms. The number of anilines is 1. The van der Waals surface area contributed by atoms with E-state index in [0.717, 1.165) is 50.1 Å². The number of hydrogen-bond donors (Lipinski definition) is 2. The summed E-state index contributed by atoms with van der Waals surface area (Å²) in [6.07, 6.45) is 2.30. The van der Waals surface area contributed by atoms with Crippen molar-refractivity contribution in [2.45, 2.75) is 32.4 Å². The maximum Gasteiger partial charge on any atom is 0.227 e. The summed E-state index contributed by atoms with van der Waals surface area (Å²) in [4.78, 5) is 15.0. The van der Waals surface area contributed by atoms with E-state index in [0.29, 0.717) is 18.7 Å². The molecule has 0 spiro atoms. The van der Waals surface area contributed by atoms with Gasteiger partial charge in [0.2, 0.25) is 5.91 Å². The number of carbonyl (C=O) groups is 1. The summed E-state index contributed by atoms with van der Waals surface area (Å²) >= 11 is 0. The number of halogens is 3. The third-order valence-electron chi connectivity index (χ3n) is 5.67. The van der Waals surface area contributed by atoms with E-state index in [-0.39, 0.29) is 42.5 Å². The van der Waals surface area contributed by atoms with Crippen LogP contribution in [0.3, 0.4) is 0 Å². The fourth-order valence-electron chi connectivity index (χ4n) is 4.06. The molecule has 2 aliphatic heterocycles. The fraction of sp³-hybridized carbons (Fsp3) is 0.409. The second-order valence-electron chi connectivity index (χ2n) is 7.52. The van der Waals surface area contributed by atoms with E-state index in [1.807, 2.05) is 12.1 Å². The van der Waals surface area contributed by atoms with Gasteiger partial charge < -0.3 is 10.6 Å². The van der Waals surface area contributed by atoms with Crippen LogP contribution in [0.25, 0.3) is 0 Å². The van der Waals surface area contributed by atoms with E-state index in [9.17, 15) is 9.18 Å². The molecule has 2 aromatic rings. The van der Waals surface area contributed by atoms with Crippen LogP contribution < -0.4 is 10.6 Å². The van der Waals surface area contributed by atoms with Crippen LogP contribution >= 0.6 is 24.8 Å². The van der Waals surface area contributed by atoms with E-state index >= 15 is 0 Å². The molecule has 0 aliphatic carbocycles. The van der Waals surface area contributed by atoms with Gasteiger partial charge in [-0.25, -0.2) is 4.39 Å². The molecule has 158 valence electrons. The van der Waals surface area contributed by atoms with Gasteiger partial charge in [-0.3, -0.25) is 9.69 Å². The monoisotopic (exact) mass is 439 g/mol. The number of piperidine rings is 1. The number of nitrogens with one attached hydrogen (secondary N) is 2. The lowest BCUT2D eigenvalue weighted by molar-refractivity contribution is -0.121. The van der Waals surface area contributed by atoms with Crippen molar-refractivity contribution in [1.29, 1.82) is 0 Å². The van der Waals surface area contributed by atoms with E-state index < -0.39 is 0 Å². The number of nitrogens with zero attached hydrogens (tertiary/aromatic N) is 1. The molecule has 1 amide bonds. The van der Waals surface area contributed by atoms with Crippen molar-refractivity contribution < 1.29 is 9.18 Å². The smallest absolute Gasteiger partial charge is 0.227 e. The van der Waals surface area contributed by atoms with Gasteiger partial charge in [0.1, 0.15) is 5.82 Å². The zero-order valence-corrected chi connectivity index (χ0v) is 18.0. The van der Waals surface area contributed by atoms with Crippen molar-refractivity contribution in [2.24, 2.45) is 5.92 Å². The number of carbonyl (C=O) groups excluding carboxylic acids is 1. The van der Waals surface area contributed by atoms with Gasteiger partial charge in [-0.05, 0) is 61.7 Å². The SMILES string of the molecule is Cl.Cl.O=C(Nc1ccc2c(c1F)CCNC2)C1CCN(Cc2ccccc2)CC1. The first-order valence-electron chi connectivity index (χ1n) is 9.79. The summed E-state index contributed by atoms with van der Waals surface area (Å²) in [7, 11) is 0. The quantitative estimate of drug-likeness (QED) is 0.751. The molecule has 0 atom stereocenters. The molecule has 1 saturated heterocycles. The molecule has 29 heavy (non-hydrogen) atoms. The molecule has 1 fully saturated rings. The average Bonchev–Trinajstić information content (AvgIpc) is 2.71. The van der Waals surface area contributed by atoms with Crippen LogP contribution in [0.2, 0.25) is 0 Å². The summed E-state index contributed by atoms with van der Waals surface area (Å²) in [6, 6.07) is 14.0. The molecule has 0 unspecified atom stereocenters. The Kier molecular flexibility index (Phi) is 8.90. The standard InChI is InChI=1S/C22H26FN3O.2ClH/c23-21-19-8-11-24-14-18(19)6-7-20(21)25-22(27)17-9-12-26(13-10-17)15-16-4-2-1-3-5-16;;/h1-7,17,24H,8-15H2,(H,25,27);2*1H. The van der Waals surface area contributed by atoms with Crippen LogP contribution in [-0.2, 0) is 24.3 Å². The fourth-order valence-corrected chi connectivity index (χ4v) is 4.06. The van der Waals surface area contributed by atoms with Crippen molar-refractivity contribution >= 4 is 36.4 Å². The van der Waals surface area contributed by atoms with Crippen LogP contribution in [0.4, 0.5) is 10.1 Å². The summed E-state index contributed by atoms with van der Waals surface area (Å²) in [5.74, 6) is -0.361. The van der Waals surface area contributed by atoms with Crippen LogP contribution in [0, 0.1) is 11.7 Å². The Labute approximate surface area is 184 Å². The Morgan fingerprint density at radius 2 is 1.83 bits per heavy atom. The van der Waals surface area contributed by atoms with Gasteiger partial charge in [0.25, 0.3) is 0 Å². The van der Waals surface area contributed by atoms with Crippen LogP contribution in [0.1, 0.15) is 29.5 Å². The van der Waals surface area contributed by atoms with Crippen molar-refractivity contribution in [3.63, 3.8) is 0 Å². The highest BCUT2D eigenvalue weighted by molar-refractivity contribution is 5.93. The largest absolute Gasteiger partial charge is 0.323 e. The molecule has 2 N–H and O–H groups in total. The lowest BCUT2D eigenvalue weighted by atomic mass is 9.95. The molecular weight excluding hydrogens is 412 g/mol. The normalized spacial score (nSPS) is 16.9. The number of hydrogen-bond acceptors (Lipinski definition) is 3. The average molecular weight is 440 g/mol. The van der Waals surface area contributed by atoms with Crippen molar-refractivity contribution in [3.05, 3.63) is 65.0 Å². The number of amides is 1. The topological polar surface area (TPSA) is 44.4 Å². The van der Waals surface area contributed by atoms with Crippen molar-refractivity contribution in [1.82, 2.24) is 10.2 Å². The number of likely N-dealkylation sites (tertiary alicyclic amines) is 1. The second kappa shape index (κ2) is 10.9. The Morgan fingerprint density at radius 1 is 1.10 bits per heavy atom. The first kappa shape index (κ1) is 23.6. The predicted octanol–water partition coefficient (Wildman–Crippen LogP) is 4.17. The number of benzene rings is 2. The molecule has 4 nitrogen and oxygen atoms in total. The molecule has 2 heterocycles. The van der Waals surface area contributed by atoms with Gasteiger partial charge in [-0.15, -0.1) is 24.8 Å². The van der Waals surface area contributed by atoms with Crippen molar-refractivity contribution in [3.8, 4) is 0 Å². The van der Waals surface area contributed by atoms with Gasteiger partial charge in [-0.2, -0.15) is 0 Å². The summed E-state index contributed by atoms with van der Waals surface area (Å²) in [6.45, 7) is 4.18. The van der Waals surface area contributed by atoms with Gasteiger partial charge in [0.15, 0.2) is 0 Å². The van der Waals surface area contributed by atoms with E-state index in [2.05, 4.69) is 39.8 Å². The number of fused-ring (bicyclic) bond motifs is 1. The minimum Gasteiger partial charge on any atom is -0.323 e. The predicted molar refractivity (Wildman–Crippen MR) is 119 cm³/mol. The molecule has 0 aromatic heterocycles. The lowest BCUT2D eigenvalue weighted by Gasteiger charge is -2.31. The van der Waals surface area contributed by atoms with Gasteiger partial charge in [-0.1, -0.05) is 36.4 Å². The molecule has 2 aromatic carbocycles. The zero-order valence-electron chi connectivity index (χ0n) is 16.3. The van der Waals surface area contributed by atoms with Gasteiger partial charge >= 0.3 is 0 Å². The summed E-state index contributed by atoms with van der Waals surface area (Å²) in [5, 5.41) is 6.08. The van der Waals surface area contributed by atoms with Crippen molar-refractivity contribution in [2.75, 3.05) is 25.0 Å². The maximum absolute atomic E-state index is 14.7. The van der Waals surface area contributed by atoms with Gasteiger partial charge in [0, 0.05) is 19.0 Å². The van der Waals surface area contributed by atoms with Gasteiger partial charge in [0.05, 0.1) is 5.69 Å². The highest BCUT2D eigenvalue weighted by Gasteiger charge is 2.26. The summed E-state index contributed by atoms with van der Waals surface area (Å²) < 4.78 is 14.7. The molecule has 7 heteroatoms. The molecule has 0 radical (unpaired) electrons. The highest BCUT2D eigenvalue weighted by Crippen LogP contribution is 2.26. The molecular formula is C22H28Cl2FN3O. The Bertz CT molecular complexity index is 811. The van der Waals surface area contributed by atoms with E-state index in [1.54, 1.807) is 6.07 Å². The zero-order chi connectivity index (χ0) is 18.6. The maximum atomic E-state index is 14.7.